The number of ether oxygens (including phenoxy) is 1. The molecule has 1 amide bonds. The molecular formula is C28H24N2O3S. The number of pyridine rings is 1. The number of carbonyl (C=O) groups excluding carboxylic acids is 1. The molecular weight excluding hydrogens is 444 g/mol. The van der Waals surface area contributed by atoms with Gasteiger partial charge < -0.3 is 4.74 Å². The molecule has 4 aromatic rings. The van der Waals surface area contributed by atoms with Crippen molar-refractivity contribution in [2.24, 2.45) is 4.36 Å². The minimum absolute atomic E-state index is 0.247. The van der Waals surface area contributed by atoms with Crippen molar-refractivity contribution in [1.82, 2.24) is 4.98 Å². The predicted molar refractivity (Wildman–Crippen MR) is 136 cm³/mol. The van der Waals surface area contributed by atoms with E-state index < -0.39 is 15.6 Å². The van der Waals surface area contributed by atoms with Gasteiger partial charge in [0.25, 0.3) is 5.91 Å². The third kappa shape index (κ3) is 5.33. The zero-order valence-corrected chi connectivity index (χ0v) is 20.3. The van der Waals surface area contributed by atoms with Gasteiger partial charge in [0.1, 0.15) is 5.75 Å². The van der Waals surface area contributed by atoms with Crippen molar-refractivity contribution in [1.29, 1.82) is 0 Å². The fourth-order valence-corrected chi connectivity index (χ4v) is 4.95. The van der Waals surface area contributed by atoms with Crippen LogP contribution in [0, 0.1) is 25.7 Å². The van der Waals surface area contributed by atoms with E-state index in [0.717, 1.165) is 33.2 Å². The smallest absolute Gasteiger partial charge is 0.286 e. The van der Waals surface area contributed by atoms with Crippen LogP contribution < -0.4 is 4.74 Å². The van der Waals surface area contributed by atoms with Crippen molar-refractivity contribution in [3.05, 3.63) is 101 Å². The lowest BCUT2D eigenvalue weighted by Gasteiger charge is -2.07. The van der Waals surface area contributed by atoms with E-state index in [-0.39, 0.29) is 5.56 Å². The standard InChI is InChI=1S/C28H24N2O3S/c1-19-11-20(2)13-27(12-19)34(4,32)30-28(31)25-15-22(17-29-18-25)6-5-21-7-8-24-16-26(33-3)10-9-23(24)14-21/h7-18H,1-4H3. The number of hydrogen-bond acceptors (Lipinski definition) is 4. The van der Waals surface area contributed by atoms with Crippen LogP contribution in [0.1, 0.15) is 32.6 Å². The van der Waals surface area contributed by atoms with Crippen molar-refractivity contribution in [2.75, 3.05) is 13.4 Å². The molecule has 0 N–H and O–H groups in total. The van der Waals surface area contributed by atoms with E-state index in [1.54, 1.807) is 31.5 Å². The van der Waals surface area contributed by atoms with Gasteiger partial charge in [-0.2, -0.15) is 4.36 Å². The lowest BCUT2D eigenvalue weighted by atomic mass is 10.1. The van der Waals surface area contributed by atoms with Crippen molar-refractivity contribution in [3.63, 3.8) is 0 Å². The number of aromatic nitrogens is 1. The lowest BCUT2D eigenvalue weighted by Crippen LogP contribution is -2.05. The molecule has 1 heterocycles. The highest BCUT2D eigenvalue weighted by Gasteiger charge is 2.13. The molecule has 1 aromatic heterocycles. The van der Waals surface area contributed by atoms with E-state index in [1.165, 1.54) is 12.5 Å². The van der Waals surface area contributed by atoms with Crippen LogP contribution in [0.25, 0.3) is 10.8 Å². The molecule has 0 aliphatic rings. The molecule has 1 atom stereocenters. The first kappa shape index (κ1) is 23.2. The first-order valence-electron chi connectivity index (χ1n) is 10.6. The second-order valence-electron chi connectivity index (χ2n) is 8.16. The number of fused-ring (bicyclic) bond motifs is 1. The van der Waals surface area contributed by atoms with E-state index in [2.05, 4.69) is 21.2 Å². The van der Waals surface area contributed by atoms with Crippen LogP contribution in [0.2, 0.25) is 0 Å². The van der Waals surface area contributed by atoms with Gasteiger partial charge in [-0.15, -0.1) is 0 Å². The van der Waals surface area contributed by atoms with Crippen molar-refractivity contribution in [3.8, 4) is 17.6 Å². The van der Waals surface area contributed by atoms with E-state index >= 15 is 0 Å². The summed E-state index contributed by atoms with van der Waals surface area (Å²) in [6.07, 6.45) is 4.48. The van der Waals surface area contributed by atoms with Gasteiger partial charge in [-0.05, 0) is 78.2 Å². The third-order valence-electron chi connectivity index (χ3n) is 5.27. The Balaban J connectivity index is 1.61. The number of benzene rings is 3. The number of aryl methyl sites for hydroxylation is 2. The summed E-state index contributed by atoms with van der Waals surface area (Å²) >= 11 is 0. The molecule has 34 heavy (non-hydrogen) atoms. The van der Waals surface area contributed by atoms with Gasteiger partial charge in [-0.25, -0.2) is 4.21 Å². The summed E-state index contributed by atoms with van der Waals surface area (Å²) in [5.41, 5.74) is 3.60. The number of rotatable bonds is 3. The Morgan fingerprint density at radius 2 is 1.56 bits per heavy atom. The molecule has 6 heteroatoms. The van der Waals surface area contributed by atoms with Crippen LogP contribution in [0.3, 0.4) is 0 Å². The van der Waals surface area contributed by atoms with E-state index in [1.807, 2.05) is 56.3 Å². The fourth-order valence-electron chi connectivity index (χ4n) is 3.61. The highest BCUT2D eigenvalue weighted by Crippen LogP contribution is 2.22. The van der Waals surface area contributed by atoms with E-state index in [4.69, 9.17) is 4.74 Å². The van der Waals surface area contributed by atoms with Gasteiger partial charge in [-0.1, -0.05) is 30.0 Å². The number of methoxy groups -OCH3 is 1. The van der Waals surface area contributed by atoms with Gasteiger partial charge in [0.2, 0.25) is 0 Å². The van der Waals surface area contributed by atoms with Gasteiger partial charge >= 0.3 is 0 Å². The number of amides is 1. The van der Waals surface area contributed by atoms with E-state index in [9.17, 15) is 9.00 Å². The average molecular weight is 469 g/mol. The SMILES string of the molecule is COc1ccc2cc(C#Cc3cncc(C(=O)N=S(C)(=O)c4cc(C)cc(C)c4)c3)ccc2c1. The molecule has 3 aromatic carbocycles. The lowest BCUT2D eigenvalue weighted by molar-refractivity contribution is 0.100. The maximum absolute atomic E-state index is 13.2. The summed E-state index contributed by atoms with van der Waals surface area (Å²) in [5.74, 6) is 6.39. The van der Waals surface area contributed by atoms with Crippen molar-refractivity contribution in [2.45, 2.75) is 18.7 Å². The molecule has 0 aliphatic heterocycles. The number of carbonyl (C=O) groups is 1. The predicted octanol–water partition coefficient (Wildman–Crippen LogP) is 5.56. The molecule has 0 saturated heterocycles. The van der Waals surface area contributed by atoms with Crippen molar-refractivity contribution < 1.29 is 13.7 Å². The van der Waals surface area contributed by atoms with E-state index in [0.29, 0.717) is 10.5 Å². The molecule has 4 rings (SSSR count). The zero-order valence-electron chi connectivity index (χ0n) is 19.5. The largest absolute Gasteiger partial charge is 0.497 e. The first-order valence-corrected chi connectivity index (χ1v) is 12.6. The molecule has 0 aliphatic carbocycles. The topological polar surface area (TPSA) is 68.6 Å². The Kier molecular flexibility index (Phi) is 6.49. The van der Waals surface area contributed by atoms with Crippen LogP contribution in [0.15, 0.2) is 82.3 Å². The molecule has 170 valence electrons. The summed E-state index contributed by atoms with van der Waals surface area (Å²) in [7, 11) is -1.25. The summed E-state index contributed by atoms with van der Waals surface area (Å²) in [6.45, 7) is 3.85. The normalized spacial score (nSPS) is 12.4. The second kappa shape index (κ2) is 9.50. The molecule has 5 nitrogen and oxygen atoms in total. The second-order valence-corrected chi connectivity index (χ2v) is 10.4. The molecule has 1 unspecified atom stereocenters. The highest BCUT2D eigenvalue weighted by molar-refractivity contribution is 7.93. The molecule has 0 spiro atoms. The third-order valence-corrected chi connectivity index (χ3v) is 6.90. The summed E-state index contributed by atoms with van der Waals surface area (Å²) in [5, 5.41) is 2.12. The Morgan fingerprint density at radius 3 is 2.29 bits per heavy atom. The van der Waals surface area contributed by atoms with Crippen LogP contribution in [-0.2, 0) is 9.73 Å². The molecule has 0 fully saturated rings. The molecule has 0 radical (unpaired) electrons. The number of nitrogens with zero attached hydrogens (tertiary/aromatic N) is 2. The Bertz CT molecular complexity index is 1580. The maximum Gasteiger partial charge on any atom is 0.286 e. The number of hydrogen-bond donors (Lipinski definition) is 0. The Hall–Kier alpha value is -3.95. The van der Waals surface area contributed by atoms with Crippen LogP contribution in [0.5, 0.6) is 5.75 Å². The van der Waals surface area contributed by atoms with Gasteiger partial charge in [0.05, 0.1) is 22.4 Å². The maximum atomic E-state index is 13.2. The fraction of sp³-hybridized carbons (Fsp3) is 0.143. The van der Waals surface area contributed by atoms with Gasteiger partial charge in [0.15, 0.2) is 0 Å². The van der Waals surface area contributed by atoms with Gasteiger partial charge in [-0.3, -0.25) is 9.78 Å². The zero-order chi connectivity index (χ0) is 24.3. The first-order chi connectivity index (χ1) is 16.2. The minimum Gasteiger partial charge on any atom is -0.497 e. The minimum atomic E-state index is -2.89. The molecule has 0 saturated carbocycles. The quantitative estimate of drug-likeness (QED) is 0.369. The van der Waals surface area contributed by atoms with Gasteiger partial charge in [0, 0.05) is 34.7 Å². The summed E-state index contributed by atoms with van der Waals surface area (Å²) in [4.78, 5) is 17.5. The van der Waals surface area contributed by atoms with Crippen molar-refractivity contribution >= 4 is 26.4 Å². The van der Waals surface area contributed by atoms with Crippen LogP contribution in [0.4, 0.5) is 0 Å². The van der Waals surface area contributed by atoms with Crippen LogP contribution >= 0.6 is 0 Å². The Morgan fingerprint density at radius 1 is 0.882 bits per heavy atom. The average Bonchev–Trinajstić information content (AvgIpc) is 2.81. The summed E-state index contributed by atoms with van der Waals surface area (Å²) in [6, 6.07) is 19.0. The molecule has 0 bridgehead atoms. The summed E-state index contributed by atoms with van der Waals surface area (Å²) < 4.78 is 22.5. The highest BCUT2D eigenvalue weighted by atomic mass is 32.2. The van der Waals surface area contributed by atoms with Crippen LogP contribution in [-0.4, -0.2) is 28.5 Å². The Labute approximate surface area is 200 Å². The monoisotopic (exact) mass is 468 g/mol.